The highest BCUT2D eigenvalue weighted by Crippen LogP contribution is 2.30. The molecule has 1 atom stereocenters. The zero-order chi connectivity index (χ0) is 13.7. The Labute approximate surface area is 118 Å². The van der Waals surface area contributed by atoms with Crippen molar-refractivity contribution in [2.75, 3.05) is 20.2 Å². The van der Waals surface area contributed by atoms with E-state index in [1.165, 1.54) is 5.56 Å². The van der Waals surface area contributed by atoms with E-state index in [2.05, 4.69) is 53.7 Å². The molecule has 0 bridgehead atoms. The summed E-state index contributed by atoms with van der Waals surface area (Å²) in [6, 6.07) is 6.89. The van der Waals surface area contributed by atoms with E-state index in [4.69, 9.17) is 10.5 Å². The molecule has 1 aromatic rings. The molecule has 0 radical (unpaired) electrons. The summed E-state index contributed by atoms with van der Waals surface area (Å²) in [6.45, 7) is 8.17. The van der Waals surface area contributed by atoms with E-state index >= 15 is 0 Å². The molecule has 4 heteroatoms. The molecule has 3 nitrogen and oxygen atoms in total. The molecule has 0 saturated heterocycles. The van der Waals surface area contributed by atoms with Gasteiger partial charge in [-0.2, -0.15) is 0 Å². The molecule has 0 aromatic heterocycles. The van der Waals surface area contributed by atoms with E-state index in [9.17, 15) is 0 Å². The Kier molecular flexibility index (Phi) is 6.12. The lowest BCUT2D eigenvalue weighted by Crippen LogP contribution is -2.38. The van der Waals surface area contributed by atoms with Crippen molar-refractivity contribution in [1.82, 2.24) is 4.90 Å². The number of halogens is 1. The summed E-state index contributed by atoms with van der Waals surface area (Å²) in [4.78, 5) is 2.40. The van der Waals surface area contributed by atoms with E-state index in [1.807, 2.05) is 6.07 Å². The van der Waals surface area contributed by atoms with Gasteiger partial charge in [0.25, 0.3) is 0 Å². The minimum atomic E-state index is 0.247. The average molecular weight is 315 g/mol. The van der Waals surface area contributed by atoms with Crippen molar-refractivity contribution in [3.63, 3.8) is 0 Å². The normalized spacial score (nSPS) is 13.1. The highest BCUT2D eigenvalue weighted by atomic mass is 79.9. The molecule has 0 spiro atoms. The van der Waals surface area contributed by atoms with Crippen LogP contribution >= 0.6 is 15.9 Å². The maximum absolute atomic E-state index is 5.95. The van der Waals surface area contributed by atoms with Crippen molar-refractivity contribution < 1.29 is 4.74 Å². The van der Waals surface area contributed by atoms with Crippen LogP contribution in [-0.2, 0) is 0 Å². The third kappa shape index (κ3) is 3.46. The van der Waals surface area contributed by atoms with Gasteiger partial charge in [-0.1, -0.05) is 13.0 Å². The molecule has 1 unspecified atom stereocenters. The number of nitrogens with two attached hydrogens (primary N) is 1. The Morgan fingerprint density at radius 3 is 2.44 bits per heavy atom. The quantitative estimate of drug-likeness (QED) is 0.876. The van der Waals surface area contributed by atoms with Gasteiger partial charge in [0.15, 0.2) is 0 Å². The van der Waals surface area contributed by atoms with Gasteiger partial charge in [0.05, 0.1) is 11.6 Å². The van der Waals surface area contributed by atoms with Gasteiger partial charge in [-0.05, 0) is 54.0 Å². The lowest BCUT2D eigenvalue weighted by atomic mass is 10.0. The fourth-order valence-corrected chi connectivity index (χ4v) is 2.86. The smallest absolute Gasteiger partial charge is 0.133 e. The summed E-state index contributed by atoms with van der Waals surface area (Å²) in [5.41, 5.74) is 7.17. The monoisotopic (exact) mass is 314 g/mol. The number of nitrogens with zero attached hydrogens (tertiary/aromatic N) is 1. The first-order valence-corrected chi connectivity index (χ1v) is 7.13. The number of benzene rings is 1. The second-order valence-corrected chi connectivity index (χ2v) is 5.42. The van der Waals surface area contributed by atoms with Gasteiger partial charge in [0.2, 0.25) is 0 Å². The molecule has 18 heavy (non-hydrogen) atoms. The number of likely N-dealkylation sites (N-methyl/N-ethyl adjacent to an activating group) is 1. The highest BCUT2D eigenvalue weighted by Gasteiger charge is 2.20. The van der Waals surface area contributed by atoms with Crippen molar-refractivity contribution in [3.05, 3.63) is 28.2 Å². The lowest BCUT2D eigenvalue weighted by molar-refractivity contribution is 0.166. The van der Waals surface area contributed by atoms with Crippen LogP contribution in [0.15, 0.2) is 22.7 Å². The fraction of sp³-hybridized carbons (Fsp3) is 0.571. The summed E-state index contributed by atoms with van der Waals surface area (Å²) in [6.07, 6.45) is 0. The van der Waals surface area contributed by atoms with Crippen LogP contribution in [0.25, 0.3) is 0 Å². The molecule has 1 rings (SSSR count). The minimum Gasteiger partial charge on any atom is -0.496 e. The number of hydrogen-bond donors (Lipinski definition) is 1. The zero-order valence-electron chi connectivity index (χ0n) is 11.6. The molecular weight excluding hydrogens is 292 g/mol. The van der Waals surface area contributed by atoms with Crippen LogP contribution in [0.5, 0.6) is 5.75 Å². The maximum atomic E-state index is 5.95. The van der Waals surface area contributed by atoms with Gasteiger partial charge in [-0.3, -0.25) is 4.90 Å². The van der Waals surface area contributed by atoms with Gasteiger partial charge in [0, 0.05) is 18.6 Å². The van der Waals surface area contributed by atoms with Crippen molar-refractivity contribution in [3.8, 4) is 5.75 Å². The third-order valence-corrected chi connectivity index (χ3v) is 3.83. The van der Waals surface area contributed by atoms with Gasteiger partial charge in [-0.15, -0.1) is 0 Å². The Balaban J connectivity index is 3.05. The van der Waals surface area contributed by atoms with E-state index in [1.54, 1.807) is 7.11 Å². The SMILES string of the molecule is CCN(C(C)C)C(CN)c1ccc(OC)c(Br)c1. The molecule has 0 amide bonds. The zero-order valence-corrected chi connectivity index (χ0v) is 13.2. The van der Waals surface area contributed by atoms with Gasteiger partial charge in [0.1, 0.15) is 5.75 Å². The molecule has 0 aliphatic heterocycles. The number of rotatable bonds is 6. The Bertz CT molecular complexity index is 382. The van der Waals surface area contributed by atoms with Crippen LogP contribution in [0.2, 0.25) is 0 Å². The van der Waals surface area contributed by atoms with Crippen LogP contribution in [0.1, 0.15) is 32.4 Å². The minimum absolute atomic E-state index is 0.247. The fourth-order valence-electron chi connectivity index (χ4n) is 2.30. The molecule has 0 saturated carbocycles. The highest BCUT2D eigenvalue weighted by molar-refractivity contribution is 9.10. The first-order valence-electron chi connectivity index (χ1n) is 6.34. The van der Waals surface area contributed by atoms with Crippen LogP contribution in [-0.4, -0.2) is 31.1 Å². The summed E-state index contributed by atoms with van der Waals surface area (Å²) < 4.78 is 6.23. The second kappa shape index (κ2) is 7.12. The molecule has 0 heterocycles. The summed E-state index contributed by atoms with van der Waals surface area (Å²) in [5, 5.41) is 0. The molecule has 0 fully saturated rings. The maximum Gasteiger partial charge on any atom is 0.133 e. The lowest BCUT2D eigenvalue weighted by Gasteiger charge is -2.33. The van der Waals surface area contributed by atoms with Crippen LogP contribution in [0.4, 0.5) is 0 Å². The number of methoxy groups -OCH3 is 1. The molecule has 102 valence electrons. The predicted octanol–water partition coefficient (Wildman–Crippen LogP) is 3.19. The summed E-state index contributed by atoms with van der Waals surface area (Å²) in [5.74, 6) is 0.849. The topological polar surface area (TPSA) is 38.5 Å². The largest absolute Gasteiger partial charge is 0.496 e. The van der Waals surface area contributed by atoms with Crippen molar-refractivity contribution >= 4 is 15.9 Å². The molecule has 2 N–H and O–H groups in total. The van der Waals surface area contributed by atoms with Crippen LogP contribution in [0.3, 0.4) is 0 Å². The standard InChI is InChI=1S/C14H23BrN2O/c1-5-17(10(2)3)13(9-16)11-6-7-14(18-4)12(15)8-11/h6-8,10,13H,5,9,16H2,1-4H3. The predicted molar refractivity (Wildman–Crippen MR) is 80.0 cm³/mol. The van der Waals surface area contributed by atoms with E-state index in [0.717, 1.165) is 16.8 Å². The molecule has 1 aromatic carbocycles. The Hall–Kier alpha value is -0.580. The Morgan fingerprint density at radius 2 is 2.06 bits per heavy atom. The first kappa shape index (κ1) is 15.5. The molecular formula is C14H23BrN2O. The third-order valence-electron chi connectivity index (χ3n) is 3.21. The number of hydrogen-bond acceptors (Lipinski definition) is 3. The van der Waals surface area contributed by atoms with Crippen LogP contribution < -0.4 is 10.5 Å². The van der Waals surface area contributed by atoms with Gasteiger partial charge >= 0.3 is 0 Å². The Morgan fingerprint density at radius 1 is 1.39 bits per heavy atom. The first-order chi connectivity index (χ1) is 8.54. The van der Waals surface area contributed by atoms with Crippen molar-refractivity contribution in [2.45, 2.75) is 32.9 Å². The van der Waals surface area contributed by atoms with E-state index < -0.39 is 0 Å². The molecule has 0 aliphatic rings. The summed E-state index contributed by atoms with van der Waals surface area (Å²) in [7, 11) is 1.67. The average Bonchev–Trinajstić information content (AvgIpc) is 2.35. The summed E-state index contributed by atoms with van der Waals surface area (Å²) >= 11 is 3.53. The number of ether oxygens (including phenoxy) is 1. The van der Waals surface area contributed by atoms with E-state index in [-0.39, 0.29) is 6.04 Å². The second-order valence-electron chi connectivity index (χ2n) is 4.57. The van der Waals surface area contributed by atoms with Gasteiger partial charge < -0.3 is 10.5 Å². The van der Waals surface area contributed by atoms with Crippen molar-refractivity contribution in [1.29, 1.82) is 0 Å². The molecule has 0 aliphatic carbocycles. The van der Waals surface area contributed by atoms with Crippen molar-refractivity contribution in [2.24, 2.45) is 5.73 Å². The van der Waals surface area contributed by atoms with Crippen LogP contribution in [0, 0.1) is 0 Å². The van der Waals surface area contributed by atoms with Gasteiger partial charge in [-0.25, -0.2) is 0 Å². The van der Waals surface area contributed by atoms with E-state index in [0.29, 0.717) is 12.6 Å².